The molecule has 0 unspecified atom stereocenters. The Kier molecular flexibility index (Phi) is 6.77. The van der Waals surface area contributed by atoms with Crippen LogP contribution >= 0.6 is 0 Å². The molecule has 0 radical (unpaired) electrons. The van der Waals surface area contributed by atoms with Gasteiger partial charge in [-0.1, -0.05) is 6.42 Å². The first-order chi connectivity index (χ1) is 11.2. The van der Waals surface area contributed by atoms with Gasteiger partial charge < -0.3 is 15.5 Å². The summed E-state index contributed by atoms with van der Waals surface area (Å²) in [7, 11) is 0.500. The lowest BCUT2D eigenvalue weighted by Gasteiger charge is -2.40. The molecular weight excluding hydrogens is 295 g/mol. The number of nitrogens with zero attached hydrogens (tertiary/aromatic N) is 3. The van der Waals surface area contributed by atoms with E-state index in [1.54, 1.807) is 12.3 Å². The summed E-state index contributed by atoms with van der Waals surface area (Å²) in [5, 5.41) is 0. The lowest BCUT2D eigenvalue weighted by atomic mass is 9.99. The Morgan fingerprint density at radius 1 is 1.13 bits per heavy atom. The second-order valence-corrected chi connectivity index (χ2v) is 6.08. The molecule has 0 aliphatic carbocycles. The van der Waals surface area contributed by atoms with E-state index in [4.69, 9.17) is 5.73 Å². The van der Waals surface area contributed by atoms with Gasteiger partial charge in [-0.3, -0.25) is 9.18 Å². The maximum absolute atomic E-state index is 11.0. The van der Waals surface area contributed by atoms with Gasteiger partial charge in [-0.15, -0.1) is 0 Å². The van der Waals surface area contributed by atoms with Crippen molar-refractivity contribution in [3.8, 4) is 0 Å². The predicted octanol–water partition coefficient (Wildman–Crippen LogP) is 2.22. The van der Waals surface area contributed by atoms with Crippen molar-refractivity contribution in [1.29, 1.82) is 0 Å². The van der Waals surface area contributed by atoms with Gasteiger partial charge in [0.2, 0.25) is 0 Å². The van der Waals surface area contributed by atoms with Gasteiger partial charge in [0.1, 0.15) is 5.69 Å². The zero-order chi connectivity index (χ0) is 16.7. The lowest BCUT2D eigenvalue weighted by molar-refractivity contribution is 0.0995. The van der Waals surface area contributed by atoms with Gasteiger partial charge in [-0.25, -0.2) is 4.98 Å². The number of hydrogen-bond donors (Lipinski definition) is 1. The first-order valence-corrected chi connectivity index (χ1v) is 8.37. The molecule has 23 heavy (non-hydrogen) atoms. The standard InChI is InChI=1S/C16H24N4O.CH3F/c17-16(21)15-5-4-14(12-18-15)20-10-6-13(7-11-20)19-8-2-1-3-9-19;1-2/h4-5,12-13H,1-3,6-11H2,(H2,17,21);1H3. The Morgan fingerprint density at radius 2 is 1.78 bits per heavy atom. The van der Waals surface area contributed by atoms with Crippen LogP contribution in [-0.2, 0) is 0 Å². The molecular formula is C17H27FN4O. The molecule has 0 bridgehead atoms. The number of primary amides is 1. The molecule has 2 fully saturated rings. The fourth-order valence-corrected chi connectivity index (χ4v) is 3.49. The highest BCUT2D eigenvalue weighted by Crippen LogP contribution is 2.24. The maximum Gasteiger partial charge on any atom is 0.267 e. The van der Waals surface area contributed by atoms with Gasteiger partial charge in [0.25, 0.3) is 5.91 Å². The van der Waals surface area contributed by atoms with Crippen LogP contribution in [0.25, 0.3) is 0 Å². The lowest BCUT2D eigenvalue weighted by Crippen LogP contribution is -2.46. The van der Waals surface area contributed by atoms with E-state index < -0.39 is 5.91 Å². The summed E-state index contributed by atoms with van der Waals surface area (Å²) in [5.74, 6) is -0.467. The number of piperidine rings is 2. The topological polar surface area (TPSA) is 62.5 Å². The number of nitrogens with two attached hydrogens (primary N) is 1. The quantitative estimate of drug-likeness (QED) is 0.927. The molecule has 6 heteroatoms. The van der Waals surface area contributed by atoms with Crippen molar-refractivity contribution < 1.29 is 9.18 Å². The van der Waals surface area contributed by atoms with Crippen LogP contribution in [0.3, 0.4) is 0 Å². The minimum atomic E-state index is -0.467. The fraction of sp³-hybridized carbons (Fsp3) is 0.647. The minimum absolute atomic E-state index is 0.335. The van der Waals surface area contributed by atoms with Crippen molar-refractivity contribution in [3.63, 3.8) is 0 Å². The van der Waals surface area contributed by atoms with Crippen LogP contribution in [0.5, 0.6) is 0 Å². The van der Waals surface area contributed by atoms with E-state index in [0.29, 0.717) is 12.9 Å². The van der Waals surface area contributed by atoms with E-state index >= 15 is 0 Å². The molecule has 3 heterocycles. The third-order valence-electron chi connectivity index (χ3n) is 4.74. The zero-order valence-corrected chi connectivity index (χ0v) is 13.9. The molecule has 2 N–H and O–H groups in total. The molecule has 128 valence electrons. The summed E-state index contributed by atoms with van der Waals surface area (Å²) >= 11 is 0. The Bertz CT molecular complexity index is 480. The molecule has 0 spiro atoms. The van der Waals surface area contributed by atoms with Crippen molar-refractivity contribution in [2.75, 3.05) is 38.3 Å². The van der Waals surface area contributed by atoms with Gasteiger partial charge in [0.05, 0.1) is 19.1 Å². The van der Waals surface area contributed by atoms with Gasteiger partial charge in [-0.05, 0) is 50.9 Å². The molecule has 1 aromatic heterocycles. The number of carbonyl (C=O) groups is 1. The van der Waals surface area contributed by atoms with Crippen molar-refractivity contribution in [2.45, 2.75) is 38.1 Å². The number of hydrogen-bond acceptors (Lipinski definition) is 4. The normalized spacial score (nSPS) is 19.8. The molecule has 2 aliphatic rings. The minimum Gasteiger partial charge on any atom is -0.370 e. The highest BCUT2D eigenvalue weighted by molar-refractivity contribution is 5.90. The number of aromatic nitrogens is 1. The Hall–Kier alpha value is -1.69. The fourth-order valence-electron chi connectivity index (χ4n) is 3.49. The van der Waals surface area contributed by atoms with E-state index in [9.17, 15) is 9.18 Å². The van der Waals surface area contributed by atoms with Crippen LogP contribution in [0.1, 0.15) is 42.6 Å². The molecule has 3 rings (SSSR count). The van der Waals surface area contributed by atoms with Crippen molar-refractivity contribution in [1.82, 2.24) is 9.88 Å². The van der Waals surface area contributed by atoms with E-state index in [1.165, 1.54) is 45.2 Å². The van der Waals surface area contributed by atoms with Gasteiger partial charge in [-0.2, -0.15) is 0 Å². The Balaban J connectivity index is 0.000000924. The molecule has 2 aliphatic heterocycles. The zero-order valence-electron chi connectivity index (χ0n) is 13.9. The van der Waals surface area contributed by atoms with Gasteiger partial charge in [0.15, 0.2) is 0 Å². The van der Waals surface area contributed by atoms with Crippen LogP contribution in [0, 0.1) is 0 Å². The van der Waals surface area contributed by atoms with Gasteiger partial charge in [0, 0.05) is 19.1 Å². The summed E-state index contributed by atoms with van der Waals surface area (Å²) in [5.41, 5.74) is 6.65. The van der Waals surface area contributed by atoms with Crippen LogP contribution in [0.4, 0.5) is 10.1 Å². The van der Waals surface area contributed by atoms with Crippen LogP contribution in [0.2, 0.25) is 0 Å². The number of likely N-dealkylation sites (tertiary alicyclic amines) is 1. The number of halogens is 1. The van der Waals surface area contributed by atoms with Crippen molar-refractivity contribution in [3.05, 3.63) is 24.0 Å². The SMILES string of the molecule is CF.NC(=O)c1ccc(N2CCC(N3CCCCC3)CC2)cn1. The highest BCUT2D eigenvalue weighted by atomic mass is 19.1. The average Bonchev–Trinajstić information content (AvgIpc) is 2.64. The summed E-state index contributed by atoms with van der Waals surface area (Å²) in [6.07, 6.45) is 8.32. The summed E-state index contributed by atoms with van der Waals surface area (Å²) in [6, 6.07) is 4.42. The van der Waals surface area contributed by atoms with Gasteiger partial charge >= 0.3 is 0 Å². The Morgan fingerprint density at radius 3 is 2.30 bits per heavy atom. The summed E-state index contributed by atoms with van der Waals surface area (Å²) < 4.78 is 9.50. The maximum atomic E-state index is 11.0. The molecule has 0 aromatic carbocycles. The summed E-state index contributed by atoms with van der Waals surface area (Å²) in [6.45, 7) is 4.69. The average molecular weight is 322 g/mol. The predicted molar refractivity (Wildman–Crippen MR) is 90.4 cm³/mol. The second-order valence-electron chi connectivity index (χ2n) is 6.08. The van der Waals surface area contributed by atoms with E-state index in [-0.39, 0.29) is 0 Å². The molecule has 1 aromatic rings. The first kappa shape index (κ1) is 17.7. The number of alkyl halides is 1. The molecule has 5 nitrogen and oxygen atoms in total. The number of carbonyl (C=O) groups excluding carboxylic acids is 1. The number of rotatable bonds is 3. The van der Waals surface area contributed by atoms with Crippen molar-refractivity contribution >= 4 is 11.6 Å². The molecule has 0 saturated carbocycles. The highest BCUT2D eigenvalue weighted by Gasteiger charge is 2.25. The number of amides is 1. The summed E-state index contributed by atoms with van der Waals surface area (Å²) in [4.78, 5) is 20.2. The van der Waals surface area contributed by atoms with E-state index in [2.05, 4.69) is 14.8 Å². The van der Waals surface area contributed by atoms with Crippen LogP contribution in [-0.4, -0.2) is 55.2 Å². The second kappa shape index (κ2) is 8.82. The molecule has 2 saturated heterocycles. The largest absolute Gasteiger partial charge is 0.370 e. The smallest absolute Gasteiger partial charge is 0.267 e. The van der Waals surface area contributed by atoms with Crippen LogP contribution < -0.4 is 10.6 Å². The molecule has 1 amide bonds. The number of pyridine rings is 1. The third kappa shape index (κ3) is 4.64. The first-order valence-electron chi connectivity index (χ1n) is 8.37. The third-order valence-corrected chi connectivity index (χ3v) is 4.74. The molecule has 0 atom stereocenters. The van der Waals surface area contributed by atoms with Crippen LogP contribution in [0.15, 0.2) is 18.3 Å². The van der Waals surface area contributed by atoms with E-state index in [0.717, 1.165) is 24.8 Å². The van der Waals surface area contributed by atoms with E-state index in [1.807, 2.05) is 6.07 Å². The monoisotopic (exact) mass is 322 g/mol. The Labute approximate surface area is 137 Å². The van der Waals surface area contributed by atoms with Crippen molar-refractivity contribution in [2.24, 2.45) is 5.73 Å². The number of anilines is 1.